The fourth-order valence-electron chi connectivity index (χ4n) is 2.05. The maximum absolute atomic E-state index is 12.0. The standard InChI is InChI=1S/C18H22BrN3O/c1-13(2)9-10-20-16-7-8-17(21-12-16)22-18(23)11-14-3-5-15(19)6-4-14/h3-8,12-13,20H,9-11H2,1-2H3,(H,21,22,23). The molecule has 1 aromatic heterocycles. The van der Waals surface area contributed by atoms with Crippen LogP contribution in [0.4, 0.5) is 11.5 Å². The largest absolute Gasteiger partial charge is 0.384 e. The van der Waals surface area contributed by atoms with Gasteiger partial charge in [0.2, 0.25) is 5.91 Å². The van der Waals surface area contributed by atoms with Crippen molar-refractivity contribution in [3.63, 3.8) is 0 Å². The van der Waals surface area contributed by atoms with E-state index in [-0.39, 0.29) is 5.91 Å². The lowest BCUT2D eigenvalue weighted by atomic mass is 10.1. The highest BCUT2D eigenvalue weighted by Gasteiger charge is 2.05. The fraction of sp³-hybridized carbons (Fsp3) is 0.333. The first-order chi connectivity index (χ1) is 11.0. The van der Waals surface area contributed by atoms with Crippen LogP contribution in [0.25, 0.3) is 0 Å². The molecule has 5 heteroatoms. The highest BCUT2D eigenvalue weighted by Crippen LogP contribution is 2.13. The molecular weight excluding hydrogens is 354 g/mol. The van der Waals surface area contributed by atoms with Gasteiger partial charge in [-0.15, -0.1) is 0 Å². The third-order valence-corrected chi connectivity index (χ3v) is 3.89. The van der Waals surface area contributed by atoms with E-state index in [4.69, 9.17) is 0 Å². The number of hydrogen-bond acceptors (Lipinski definition) is 3. The Hall–Kier alpha value is -1.88. The van der Waals surface area contributed by atoms with Crippen molar-refractivity contribution in [1.29, 1.82) is 0 Å². The van der Waals surface area contributed by atoms with Gasteiger partial charge in [-0.05, 0) is 42.2 Å². The van der Waals surface area contributed by atoms with E-state index >= 15 is 0 Å². The Morgan fingerprint density at radius 3 is 2.52 bits per heavy atom. The Kier molecular flexibility index (Phi) is 6.59. The van der Waals surface area contributed by atoms with Crippen LogP contribution in [-0.2, 0) is 11.2 Å². The summed E-state index contributed by atoms with van der Waals surface area (Å²) in [5, 5.41) is 6.14. The fourth-order valence-corrected chi connectivity index (χ4v) is 2.32. The van der Waals surface area contributed by atoms with Crippen molar-refractivity contribution in [2.24, 2.45) is 5.92 Å². The molecule has 0 atom stereocenters. The summed E-state index contributed by atoms with van der Waals surface area (Å²) in [5.41, 5.74) is 1.94. The van der Waals surface area contributed by atoms with Gasteiger partial charge in [0.25, 0.3) is 0 Å². The number of rotatable bonds is 7. The van der Waals surface area contributed by atoms with E-state index in [1.807, 2.05) is 36.4 Å². The second-order valence-electron chi connectivity index (χ2n) is 5.89. The lowest BCUT2D eigenvalue weighted by molar-refractivity contribution is -0.115. The van der Waals surface area contributed by atoms with Gasteiger partial charge in [0, 0.05) is 11.0 Å². The molecule has 2 N–H and O–H groups in total. The molecule has 1 heterocycles. The first-order valence-electron chi connectivity index (χ1n) is 7.77. The second-order valence-corrected chi connectivity index (χ2v) is 6.81. The smallest absolute Gasteiger partial charge is 0.229 e. The third-order valence-electron chi connectivity index (χ3n) is 3.36. The van der Waals surface area contributed by atoms with Crippen LogP contribution in [0.2, 0.25) is 0 Å². The van der Waals surface area contributed by atoms with Crippen LogP contribution >= 0.6 is 15.9 Å². The number of halogens is 1. The van der Waals surface area contributed by atoms with Gasteiger partial charge in [-0.2, -0.15) is 0 Å². The number of amides is 1. The van der Waals surface area contributed by atoms with Crippen molar-refractivity contribution in [3.05, 3.63) is 52.6 Å². The maximum atomic E-state index is 12.0. The van der Waals surface area contributed by atoms with Crippen molar-refractivity contribution >= 4 is 33.3 Å². The molecule has 0 spiro atoms. The van der Waals surface area contributed by atoms with E-state index in [9.17, 15) is 4.79 Å². The normalized spacial score (nSPS) is 10.6. The third kappa shape index (κ3) is 6.40. The molecule has 0 aliphatic heterocycles. The highest BCUT2D eigenvalue weighted by molar-refractivity contribution is 9.10. The Bertz CT molecular complexity index is 624. The minimum atomic E-state index is -0.0691. The van der Waals surface area contributed by atoms with E-state index in [1.54, 1.807) is 6.20 Å². The molecule has 0 aliphatic rings. The van der Waals surface area contributed by atoms with Crippen LogP contribution in [0.1, 0.15) is 25.8 Å². The number of carbonyl (C=O) groups is 1. The van der Waals surface area contributed by atoms with E-state index in [2.05, 4.69) is 45.4 Å². The maximum Gasteiger partial charge on any atom is 0.229 e. The summed E-state index contributed by atoms with van der Waals surface area (Å²) in [6.07, 6.45) is 3.20. The molecular formula is C18H22BrN3O. The van der Waals surface area contributed by atoms with Gasteiger partial charge < -0.3 is 10.6 Å². The number of nitrogens with zero attached hydrogens (tertiary/aromatic N) is 1. The van der Waals surface area contributed by atoms with Crippen molar-refractivity contribution in [3.8, 4) is 0 Å². The Balaban J connectivity index is 1.82. The number of anilines is 2. The van der Waals surface area contributed by atoms with Crippen molar-refractivity contribution < 1.29 is 4.79 Å². The molecule has 1 aromatic carbocycles. The second kappa shape index (κ2) is 8.67. The van der Waals surface area contributed by atoms with Crippen LogP contribution in [0.15, 0.2) is 47.1 Å². The summed E-state index contributed by atoms with van der Waals surface area (Å²) >= 11 is 3.38. The minimum absolute atomic E-state index is 0.0691. The Morgan fingerprint density at radius 1 is 1.17 bits per heavy atom. The molecule has 2 aromatic rings. The highest BCUT2D eigenvalue weighted by atomic mass is 79.9. The van der Waals surface area contributed by atoms with Crippen molar-refractivity contribution in [2.75, 3.05) is 17.2 Å². The number of carbonyl (C=O) groups excluding carboxylic acids is 1. The summed E-state index contributed by atoms with van der Waals surface area (Å²) in [7, 11) is 0. The molecule has 1 amide bonds. The Labute approximate surface area is 145 Å². The van der Waals surface area contributed by atoms with Crippen LogP contribution in [0.3, 0.4) is 0 Å². The molecule has 0 aliphatic carbocycles. The van der Waals surface area contributed by atoms with E-state index in [0.717, 1.165) is 28.7 Å². The molecule has 0 saturated carbocycles. The van der Waals surface area contributed by atoms with E-state index in [0.29, 0.717) is 18.2 Å². The number of benzene rings is 1. The minimum Gasteiger partial charge on any atom is -0.384 e. The number of nitrogens with one attached hydrogen (secondary N) is 2. The predicted molar refractivity (Wildman–Crippen MR) is 98.7 cm³/mol. The zero-order valence-electron chi connectivity index (χ0n) is 13.5. The van der Waals surface area contributed by atoms with Gasteiger partial charge in [0.05, 0.1) is 18.3 Å². The predicted octanol–water partition coefficient (Wildman–Crippen LogP) is 4.48. The zero-order valence-corrected chi connectivity index (χ0v) is 15.1. The average molecular weight is 376 g/mol. The van der Waals surface area contributed by atoms with E-state index in [1.165, 1.54) is 0 Å². The molecule has 0 radical (unpaired) electrons. The molecule has 23 heavy (non-hydrogen) atoms. The SMILES string of the molecule is CC(C)CCNc1ccc(NC(=O)Cc2ccc(Br)cc2)nc1. The summed E-state index contributed by atoms with van der Waals surface area (Å²) in [4.78, 5) is 16.3. The average Bonchev–Trinajstić information content (AvgIpc) is 2.51. The van der Waals surface area contributed by atoms with Crippen molar-refractivity contribution in [2.45, 2.75) is 26.7 Å². The van der Waals surface area contributed by atoms with Crippen LogP contribution in [-0.4, -0.2) is 17.4 Å². The number of hydrogen-bond donors (Lipinski definition) is 2. The summed E-state index contributed by atoms with van der Waals surface area (Å²) in [6, 6.07) is 11.5. The lowest BCUT2D eigenvalue weighted by Gasteiger charge is -2.09. The molecule has 2 rings (SSSR count). The number of pyridine rings is 1. The lowest BCUT2D eigenvalue weighted by Crippen LogP contribution is -2.15. The Morgan fingerprint density at radius 2 is 1.91 bits per heavy atom. The van der Waals surface area contributed by atoms with Gasteiger partial charge in [-0.25, -0.2) is 4.98 Å². The van der Waals surface area contributed by atoms with E-state index < -0.39 is 0 Å². The number of aromatic nitrogens is 1. The van der Waals surface area contributed by atoms with Crippen LogP contribution < -0.4 is 10.6 Å². The van der Waals surface area contributed by atoms with Gasteiger partial charge >= 0.3 is 0 Å². The van der Waals surface area contributed by atoms with Crippen molar-refractivity contribution in [1.82, 2.24) is 4.98 Å². The van der Waals surface area contributed by atoms with Gasteiger partial charge in [0.15, 0.2) is 0 Å². The topological polar surface area (TPSA) is 54.0 Å². The first kappa shape index (κ1) is 17.5. The zero-order chi connectivity index (χ0) is 16.7. The summed E-state index contributed by atoms with van der Waals surface area (Å²) < 4.78 is 1.00. The quantitative estimate of drug-likeness (QED) is 0.749. The van der Waals surface area contributed by atoms with Gasteiger partial charge in [-0.1, -0.05) is 41.9 Å². The molecule has 0 fully saturated rings. The molecule has 0 unspecified atom stereocenters. The van der Waals surface area contributed by atoms with Crippen LogP contribution in [0.5, 0.6) is 0 Å². The van der Waals surface area contributed by atoms with Gasteiger partial charge in [0.1, 0.15) is 5.82 Å². The summed E-state index contributed by atoms with van der Waals surface area (Å²) in [5.74, 6) is 1.18. The van der Waals surface area contributed by atoms with Gasteiger partial charge in [-0.3, -0.25) is 4.79 Å². The monoisotopic (exact) mass is 375 g/mol. The molecule has 122 valence electrons. The molecule has 4 nitrogen and oxygen atoms in total. The summed E-state index contributed by atoms with van der Waals surface area (Å²) in [6.45, 7) is 5.32. The molecule has 0 saturated heterocycles. The molecule has 0 bridgehead atoms. The first-order valence-corrected chi connectivity index (χ1v) is 8.56. The van der Waals surface area contributed by atoms with Crippen LogP contribution in [0, 0.1) is 5.92 Å².